The molecule has 3 rings (SSSR count). The fourth-order valence-corrected chi connectivity index (χ4v) is 2.58. The van der Waals surface area contributed by atoms with E-state index >= 15 is 0 Å². The van der Waals surface area contributed by atoms with Crippen molar-refractivity contribution < 1.29 is 4.74 Å². The zero-order valence-corrected chi connectivity index (χ0v) is 11.7. The summed E-state index contributed by atoms with van der Waals surface area (Å²) in [6.07, 6.45) is 1.05. The van der Waals surface area contributed by atoms with Gasteiger partial charge in [-0.2, -0.15) is 0 Å². The number of nitrogens with one attached hydrogen (secondary N) is 1. The Kier molecular flexibility index (Phi) is 3.54. The SMILES string of the molecule is Clc1ccc(Cl)c(NCC2Cc3ccccc3O2)c1. The van der Waals surface area contributed by atoms with Crippen molar-refractivity contribution in [3.63, 3.8) is 0 Å². The van der Waals surface area contributed by atoms with E-state index in [4.69, 9.17) is 27.9 Å². The van der Waals surface area contributed by atoms with Crippen LogP contribution in [0.5, 0.6) is 5.75 Å². The van der Waals surface area contributed by atoms with Gasteiger partial charge in [-0.1, -0.05) is 41.4 Å². The Bertz CT molecular complexity index is 575. The first-order valence-corrected chi connectivity index (χ1v) is 6.91. The van der Waals surface area contributed by atoms with Crippen LogP contribution in [0.1, 0.15) is 5.56 Å². The van der Waals surface area contributed by atoms with Crippen molar-refractivity contribution in [3.8, 4) is 5.75 Å². The number of benzene rings is 2. The Morgan fingerprint density at radius 3 is 2.84 bits per heavy atom. The summed E-state index contributed by atoms with van der Waals surface area (Å²) in [5.41, 5.74) is 2.10. The van der Waals surface area contributed by atoms with Crippen LogP contribution in [0.25, 0.3) is 0 Å². The van der Waals surface area contributed by atoms with E-state index in [0.29, 0.717) is 16.6 Å². The summed E-state index contributed by atoms with van der Waals surface area (Å²) in [5, 5.41) is 4.62. The monoisotopic (exact) mass is 293 g/mol. The van der Waals surface area contributed by atoms with Crippen LogP contribution in [0.4, 0.5) is 5.69 Å². The number of fused-ring (bicyclic) bond motifs is 1. The molecule has 4 heteroatoms. The van der Waals surface area contributed by atoms with Crippen molar-refractivity contribution in [2.24, 2.45) is 0 Å². The topological polar surface area (TPSA) is 21.3 Å². The van der Waals surface area contributed by atoms with E-state index < -0.39 is 0 Å². The largest absolute Gasteiger partial charge is 0.488 e. The molecular weight excluding hydrogens is 281 g/mol. The number of para-hydroxylation sites is 1. The predicted molar refractivity (Wildman–Crippen MR) is 79.5 cm³/mol. The molecular formula is C15H13Cl2NO. The molecule has 1 heterocycles. The first kappa shape index (κ1) is 12.6. The number of hydrogen-bond acceptors (Lipinski definition) is 2. The van der Waals surface area contributed by atoms with E-state index in [1.165, 1.54) is 5.56 Å². The Hall–Kier alpha value is -1.38. The zero-order valence-electron chi connectivity index (χ0n) is 10.2. The smallest absolute Gasteiger partial charge is 0.123 e. The van der Waals surface area contributed by atoms with Crippen molar-refractivity contribution in [2.75, 3.05) is 11.9 Å². The molecule has 0 saturated carbocycles. The molecule has 1 N–H and O–H groups in total. The van der Waals surface area contributed by atoms with Crippen LogP contribution in [0.15, 0.2) is 42.5 Å². The summed E-state index contributed by atoms with van der Waals surface area (Å²) in [4.78, 5) is 0. The van der Waals surface area contributed by atoms with Crippen molar-refractivity contribution in [1.82, 2.24) is 0 Å². The van der Waals surface area contributed by atoms with E-state index in [1.807, 2.05) is 24.3 Å². The third-order valence-electron chi connectivity index (χ3n) is 3.16. The van der Waals surface area contributed by atoms with Crippen molar-refractivity contribution >= 4 is 28.9 Å². The summed E-state index contributed by atoms with van der Waals surface area (Å²) in [6.45, 7) is 0.703. The second-order valence-electron chi connectivity index (χ2n) is 4.56. The molecule has 0 saturated heterocycles. The van der Waals surface area contributed by atoms with Crippen LogP contribution < -0.4 is 10.1 Å². The summed E-state index contributed by atoms with van der Waals surface area (Å²) in [6, 6.07) is 13.5. The van der Waals surface area contributed by atoms with Crippen LogP contribution in [0.3, 0.4) is 0 Å². The first-order valence-electron chi connectivity index (χ1n) is 6.16. The average Bonchev–Trinajstić information content (AvgIpc) is 2.82. The summed E-state index contributed by atoms with van der Waals surface area (Å²) in [5.74, 6) is 0.978. The number of rotatable bonds is 3. The van der Waals surface area contributed by atoms with Gasteiger partial charge in [0.05, 0.1) is 17.3 Å². The zero-order chi connectivity index (χ0) is 13.2. The number of ether oxygens (including phenoxy) is 1. The molecule has 1 atom stereocenters. The van der Waals surface area contributed by atoms with Gasteiger partial charge in [-0.3, -0.25) is 0 Å². The average molecular weight is 294 g/mol. The van der Waals surface area contributed by atoms with Gasteiger partial charge in [0.15, 0.2) is 0 Å². The highest BCUT2D eigenvalue weighted by molar-refractivity contribution is 6.35. The van der Waals surface area contributed by atoms with Crippen LogP contribution in [0, 0.1) is 0 Å². The molecule has 19 heavy (non-hydrogen) atoms. The Balaban J connectivity index is 1.64. The molecule has 0 amide bonds. The second-order valence-corrected chi connectivity index (χ2v) is 5.40. The van der Waals surface area contributed by atoms with Gasteiger partial charge < -0.3 is 10.1 Å². The van der Waals surface area contributed by atoms with Crippen LogP contribution >= 0.6 is 23.2 Å². The molecule has 0 radical (unpaired) electrons. The minimum atomic E-state index is 0.132. The van der Waals surface area contributed by atoms with Gasteiger partial charge >= 0.3 is 0 Å². The molecule has 0 aromatic heterocycles. The molecule has 0 aliphatic carbocycles. The quantitative estimate of drug-likeness (QED) is 0.905. The van der Waals surface area contributed by atoms with Gasteiger partial charge in [0.2, 0.25) is 0 Å². The molecule has 0 bridgehead atoms. The van der Waals surface area contributed by atoms with E-state index in [-0.39, 0.29) is 6.10 Å². The molecule has 2 aromatic rings. The van der Waals surface area contributed by atoms with E-state index in [1.54, 1.807) is 12.1 Å². The third-order valence-corrected chi connectivity index (χ3v) is 3.73. The van der Waals surface area contributed by atoms with E-state index in [9.17, 15) is 0 Å². The summed E-state index contributed by atoms with van der Waals surface area (Å²) in [7, 11) is 0. The minimum absolute atomic E-state index is 0.132. The van der Waals surface area contributed by atoms with Crippen molar-refractivity contribution in [1.29, 1.82) is 0 Å². The first-order chi connectivity index (χ1) is 9.22. The Labute approximate surface area is 122 Å². The summed E-state index contributed by atoms with van der Waals surface area (Å²) < 4.78 is 5.86. The molecule has 1 unspecified atom stereocenters. The lowest BCUT2D eigenvalue weighted by atomic mass is 10.1. The van der Waals surface area contributed by atoms with Crippen molar-refractivity contribution in [2.45, 2.75) is 12.5 Å². The fraction of sp³-hybridized carbons (Fsp3) is 0.200. The molecule has 2 nitrogen and oxygen atoms in total. The van der Waals surface area contributed by atoms with Gasteiger partial charge in [-0.25, -0.2) is 0 Å². The van der Waals surface area contributed by atoms with Gasteiger partial charge in [-0.05, 0) is 29.8 Å². The van der Waals surface area contributed by atoms with Gasteiger partial charge in [-0.15, -0.1) is 0 Å². The second kappa shape index (κ2) is 5.32. The van der Waals surface area contributed by atoms with E-state index in [0.717, 1.165) is 17.9 Å². The van der Waals surface area contributed by atoms with Gasteiger partial charge in [0, 0.05) is 11.4 Å². The standard InChI is InChI=1S/C15H13Cl2NO/c16-11-5-6-13(17)14(8-11)18-9-12-7-10-3-1-2-4-15(10)19-12/h1-6,8,12,18H,7,9H2. The maximum Gasteiger partial charge on any atom is 0.123 e. The highest BCUT2D eigenvalue weighted by Gasteiger charge is 2.22. The predicted octanol–water partition coefficient (Wildman–Crippen LogP) is 4.41. The van der Waals surface area contributed by atoms with E-state index in [2.05, 4.69) is 11.4 Å². The van der Waals surface area contributed by atoms with Crippen LogP contribution in [-0.2, 0) is 6.42 Å². The number of anilines is 1. The lowest BCUT2D eigenvalue weighted by Gasteiger charge is -2.14. The molecule has 98 valence electrons. The maximum atomic E-state index is 6.11. The lowest BCUT2D eigenvalue weighted by molar-refractivity contribution is 0.246. The normalized spacial score (nSPS) is 16.8. The maximum absolute atomic E-state index is 6.11. The Morgan fingerprint density at radius 1 is 1.16 bits per heavy atom. The minimum Gasteiger partial charge on any atom is -0.488 e. The van der Waals surface area contributed by atoms with Gasteiger partial charge in [0.25, 0.3) is 0 Å². The highest BCUT2D eigenvalue weighted by Crippen LogP contribution is 2.29. The molecule has 0 spiro atoms. The Morgan fingerprint density at radius 2 is 2.00 bits per heavy atom. The fourth-order valence-electron chi connectivity index (χ4n) is 2.22. The van der Waals surface area contributed by atoms with Crippen LogP contribution in [-0.4, -0.2) is 12.6 Å². The molecule has 2 aromatic carbocycles. The summed E-state index contributed by atoms with van der Waals surface area (Å²) >= 11 is 12.1. The van der Waals surface area contributed by atoms with Crippen molar-refractivity contribution in [3.05, 3.63) is 58.1 Å². The molecule has 1 aliphatic rings. The number of halogens is 2. The lowest BCUT2D eigenvalue weighted by Crippen LogP contribution is -2.24. The third kappa shape index (κ3) is 2.80. The van der Waals surface area contributed by atoms with Gasteiger partial charge in [0.1, 0.15) is 11.9 Å². The van der Waals surface area contributed by atoms with Crippen LogP contribution in [0.2, 0.25) is 10.0 Å². The highest BCUT2D eigenvalue weighted by atomic mass is 35.5. The molecule has 0 fully saturated rings. The number of hydrogen-bond donors (Lipinski definition) is 1. The molecule has 1 aliphatic heterocycles.